The highest BCUT2D eigenvalue weighted by Gasteiger charge is 2.31. The number of hydrogen-bond acceptors (Lipinski definition) is 5. The first-order valence-corrected chi connectivity index (χ1v) is 8.94. The zero-order valence-electron chi connectivity index (χ0n) is 11.8. The van der Waals surface area contributed by atoms with Crippen molar-refractivity contribution in [3.05, 3.63) is 16.5 Å². The van der Waals surface area contributed by atoms with Crippen LogP contribution in [0.3, 0.4) is 0 Å². The summed E-state index contributed by atoms with van der Waals surface area (Å²) in [5, 5.41) is 9.21. The number of thiophene rings is 1. The SMILES string of the molecule is COCC1CCCN(S(=O)(=O)c2cc(C)c(CO)s2)C1. The first-order chi connectivity index (χ1) is 9.48. The molecular formula is C13H21NO4S2. The van der Waals surface area contributed by atoms with Gasteiger partial charge < -0.3 is 9.84 Å². The minimum Gasteiger partial charge on any atom is -0.391 e. The monoisotopic (exact) mass is 319 g/mol. The third-order valence-electron chi connectivity index (χ3n) is 3.62. The van der Waals surface area contributed by atoms with Crippen LogP contribution in [0.15, 0.2) is 10.3 Å². The molecule has 1 fully saturated rings. The molecule has 2 heterocycles. The Kier molecular flexibility index (Phi) is 5.19. The predicted molar refractivity (Wildman–Crippen MR) is 78.3 cm³/mol. The second kappa shape index (κ2) is 6.53. The van der Waals surface area contributed by atoms with Crippen LogP contribution in [0.1, 0.15) is 23.3 Å². The molecule has 1 aliphatic heterocycles. The quantitative estimate of drug-likeness (QED) is 0.895. The number of sulfonamides is 1. The Morgan fingerprint density at radius 3 is 2.90 bits per heavy atom. The van der Waals surface area contributed by atoms with E-state index in [2.05, 4.69) is 0 Å². The number of aliphatic hydroxyl groups excluding tert-OH is 1. The smallest absolute Gasteiger partial charge is 0.252 e. The third-order valence-corrected chi connectivity index (χ3v) is 7.16. The highest BCUT2D eigenvalue weighted by Crippen LogP contribution is 2.30. The van der Waals surface area contributed by atoms with Crippen molar-refractivity contribution in [1.82, 2.24) is 4.31 Å². The summed E-state index contributed by atoms with van der Waals surface area (Å²) in [7, 11) is -1.80. The van der Waals surface area contributed by atoms with Crippen molar-refractivity contribution in [2.75, 3.05) is 26.8 Å². The van der Waals surface area contributed by atoms with Gasteiger partial charge in [0.05, 0.1) is 13.2 Å². The van der Waals surface area contributed by atoms with Crippen molar-refractivity contribution in [2.45, 2.75) is 30.6 Å². The Morgan fingerprint density at radius 1 is 1.55 bits per heavy atom. The minimum atomic E-state index is -3.44. The molecule has 0 radical (unpaired) electrons. The summed E-state index contributed by atoms with van der Waals surface area (Å²) in [5.41, 5.74) is 0.835. The number of nitrogens with zero attached hydrogens (tertiary/aromatic N) is 1. The lowest BCUT2D eigenvalue weighted by molar-refractivity contribution is 0.118. The lowest BCUT2D eigenvalue weighted by atomic mass is 10.0. The fourth-order valence-electron chi connectivity index (χ4n) is 2.52. The average Bonchev–Trinajstić information content (AvgIpc) is 2.81. The van der Waals surface area contributed by atoms with Gasteiger partial charge in [-0.05, 0) is 37.3 Å². The van der Waals surface area contributed by atoms with Crippen molar-refractivity contribution >= 4 is 21.4 Å². The summed E-state index contributed by atoms with van der Waals surface area (Å²) >= 11 is 1.16. The van der Waals surface area contributed by atoms with Crippen molar-refractivity contribution < 1.29 is 18.3 Å². The fourth-order valence-corrected chi connectivity index (χ4v) is 5.68. The van der Waals surface area contributed by atoms with Crippen molar-refractivity contribution in [1.29, 1.82) is 0 Å². The van der Waals surface area contributed by atoms with Crippen molar-refractivity contribution in [3.8, 4) is 0 Å². The second-order valence-corrected chi connectivity index (χ2v) is 8.46. The van der Waals surface area contributed by atoms with Crippen LogP contribution in [0.5, 0.6) is 0 Å². The number of rotatable bonds is 5. The van der Waals surface area contributed by atoms with Crippen LogP contribution in [0, 0.1) is 12.8 Å². The van der Waals surface area contributed by atoms with Gasteiger partial charge in [-0.1, -0.05) is 0 Å². The van der Waals surface area contributed by atoms with E-state index in [-0.39, 0.29) is 12.5 Å². The fraction of sp³-hybridized carbons (Fsp3) is 0.692. The van der Waals surface area contributed by atoms with E-state index in [1.54, 1.807) is 17.5 Å². The Labute approximate surface area is 124 Å². The van der Waals surface area contributed by atoms with Gasteiger partial charge in [-0.2, -0.15) is 4.31 Å². The van der Waals surface area contributed by atoms with E-state index < -0.39 is 10.0 Å². The van der Waals surface area contributed by atoms with Gasteiger partial charge in [0.1, 0.15) is 4.21 Å². The normalized spacial score (nSPS) is 21.2. The highest BCUT2D eigenvalue weighted by molar-refractivity contribution is 7.91. The molecule has 0 bridgehead atoms. The molecule has 1 unspecified atom stereocenters. The van der Waals surface area contributed by atoms with Gasteiger partial charge >= 0.3 is 0 Å². The molecule has 0 amide bonds. The van der Waals surface area contributed by atoms with Crippen LogP contribution in [-0.2, 0) is 21.4 Å². The van der Waals surface area contributed by atoms with Crippen LogP contribution in [0.4, 0.5) is 0 Å². The van der Waals surface area contributed by atoms with E-state index in [1.165, 1.54) is 0 Å². The van der Waals surface area contributed by atoms with Gasteiger partial charge in [0.2, 0.25) is 0 Å². The van der Waals surface area contributed by atoms with Gasteiger partial charge in [0.25, 0.3) is 10.0 Å². The molecule has 7 heteroatoms. The van der Waals surface area contributed by atoms with E-state index in [1.807, 2.05) is 6.92 Å². The second-order valence-electron chi connectivity index (χ2n) is 5.16. The molecule has 1 atom stereocenters. The Hall–Kier alpha value is -0.470. The maximum atomic E-state index is 12.6. The Balaban J connectivity index is 2.20. The molecule has 1 aromatic rings. The van der Waals surface area contributed by atoms with Crippen LogP contribution >= 0.6 is 11.3 Å². The highest BCUT2D eigenvalue weighted by atomic mass is 32.2. The predicted octanol–water partition coefficient (Wildman–Crippen LogP) is 1.60. The van der Waals surface area contributed by atoms with Gasteiger partial charge in [0, 0.05) is 25.1 Å². The topological polar surface area (TPSA) is 66.8 Å². The average molecular weight is 319 g/mol. The zero-order chi connectivity index (χ0) is 14.8. The third kappa shape index (κ3) is 3.23. The number of ether oxygens (including phenoxy) is 1. The molecule has 0 aromatic carbocycles. The molecule has 1 aromatic heterocycles. The molecule has 1 saturated heterocycles. The summed E-state index contributed by atoms with van der Waals surface area (Å²) in [6.07, 6.45) is 1.87. The standard InChI is InChI=1S/C13H21NO4S2/c1-10-6-13(19-12(10)8-15)20(16,17)14-5-3-4-11(7-14)9-18-2/h6,11,15H,3-5,7-9H2,1-2H3. The van der Waals surface area contributed by atoms with Crippen molar-refractivity contribution in [3.63, 3.8) is 0 Å². The summed E-state index contributed by atoms with van der Waals surface area (Å²) in [5.74, 6) is 0.266. The lowest BCUT2D eigenvalue weighted by Gasteiger charge is -2.31. The maximum absolute atomic E-state index is 12.6. The summed E-state index contributed by atoms with van der Waals surface area (Å²) < 4.78 is 32.3. The number of aryl methyl sites for hydroxylation is 1. The number of methoxy groups -OCH3 is 1. The Bertz CT molecular complexity index is 551. The van der Waals surface area contributed by atoms with Crippen molar-refractivity contribution in [2.24, 2.45) is 5.92 Å². The van der Waals surface area contributed by atoms with Gasteiger partial charge in [-0.3, -0.25) is 0 Å². The van der Waals surface area contributed by atoms with Crippen LogP contribution < -0.4 is 0 Å². The Morgan fingerprint density at radius 2 is 2.30 bits per heavy atom. The van der Waals surface area contributed by atoms with E-state index >= 15 is 0 Å². The molecule has 1 N–H and O–H groups in total. The van der Waals surface area contributed by atoms with E-state index in [0.717, 1.165) is 29.7 Å². The summed E-state index contributed by atoms with van der Waals surface area (Å²) in [6, 6.07) is 1.66. The zero-order valence-corrected chi connectivity index (χ0v) is 13.5. The van der Waals surface area contributed by atoms with E-state index in [9.17, 15) is 13.5 Å². The number of hydrogen-bond donors (Lipinski definition) is 1. The molecule has 1 aliphatic rings. The van der Waals surface area contributed by atoms with Crippen LogP contribution in [0.25, 0.3) is 0 Å². The molecule has 20 heavy (non-hydrogen) atoms. The van der Waals surface area contributed by atoms with Gasteiger partial charge in [0.15, 0.2) is 0 Å². The van der Waals surface area contributed by atoms with Gasteiger partial charge in [-0.25, -0.2) is 8.42 Å². The first-order valence-electron chi connectivity index (χ1n) is 6.68. The largest absolute Gasteiger partial charge is 0.391 e. The minimum absolute atomic E-state index is 0.113. The summed E-state index contributed by atoms with van der Waals surface area (Å²) in [6.45, 7) is 3.39. The molecule has 114 valence electrons. The maximum Gasteiger partial charge on any atom is 0.252 e. The molecule has 2 rings (SSSR count). The van der Waals surface area contributed by atoms with Crippen LogP contribution in [-0.4, -0.2) is 44.6 Å². The molecular weight excluding hydrogens is 298 g/mol. The first kappa shape index (κ1) is 15.9. The van der Waals surface area contributed by atoms with Crippen LogP contribution in [0.2, 0.25) is 0 Å². The molecule has 0 saturated carbocycles. The molecule has 5 nitrogen and oxygen atoms in total. The molecule has 0 spiro atoms. The van der Waals surface area contributed by atoms with E-state index in [0.29, 0.717) is 28.8 Å². The van der Waals surface area contributed by atoms with E-state index in [4.69, 9.17) is 4.74 Å². The number of aliphatic hydroxyl groups is 1. The lowest BCUT2D eigenvalue weighted by Crippen LogP contribution is -2.40. The van der Waals surface area contributed by atoms with Gasteiger partial charge in [-0.15, -0.1) is 11.3 Å². The number of piperidine rings is 1. The molecule has 0 aliphatic carbocycles. The summed E-state index contributed by atoms with van der Waals surface area (Å²) in [4.78, 5) is 0.717.